The monoisotopic (exact) mass is 505 g/mol. The Morgan fingerprint density at radius 2 is 1.74 bits per heavy atom. The molecule has 0 radical (unpaired) electrons. The Morgan fingerprint density at radius 1 is 1.15 bits per heavy atom. The summed E-state index contributed by atoms with van der Waals surface area (Å²) < 4.78 is 38.4. The second-order valence-corrected chi connectivity index (χ2v) is 6.99. The van der Waals surface area contributed by atoms with Crippen molar-refractivity contribution in [2.45, 2.75) is 44.8 Å². The molecular weight excluding hydrogens is 474 g/mol. The lowest BCUT2D eigenvalue weighted by molar-refractivity contribution is -0.181. The summed E-state index contributed by atoms with van der Waals surface area (Å²) in [7, 11) is 1.67. The molecule has 1 unspecified atom stereocenters. The Balaban J connectivity index is 0.00000364. The average Bonchev–Trinajstić information content (AvgIpc) is 2.55. The van der Waals surface area contributed by atoms with Gasteiger partial charge in [-0.05, 0) is 26.2 Å². The van der Waals surface area contributed by atoms with Gasteiger partial charge in [-0.25, -0.2) is 0 Å². The zero-order chi connectivity index (χ0) is 19.2. The first kappa shape index (κ1) is 24.3. The third-order valence-corrected chi connectivity index (χ3v) is 5.26. The Kier molecular flexibility index (Phi) is 10.1. The minimum atomic E-state index is -4.19. The van der Waals surface area contributed by atoms with Crippen molar-refractivity contribution in [1.29, 1.82) is 0 Å². The minimum Gasteiger partial charge on any atom is -0.356 e. The van der Waals surface area contributed by atoms with Crippen LogP contribution in [0.1, 0.15) is 32.6 Å². The number of alkyl halides is 3. The quantitative estimate of drug-likeness (QED) is 0.251. The lowest BCUT2D eigenvalue weighted by Gasteiger charge is -2.39. The zero-order valence-corrected chi connectivity index (χ0v) is 18.3. The molecule has 0 aromatic heterocycles. The number of halogens is 4. The van der Waals surface area contributed by atoms with E-state index in [1.807, 2.05) is 4.90 Å². The molecule has 1 saturated heterocycles. The van der Waals surface area contributed by atoms with Gasteiger partial charge < -0.3 is 15.5 Å². The highest BCUT2D eigenvalue weighted by Crippen LogP contribution is 2.26. The maximum Gasteiger partial charge on any atom is 0.403 e. The molecule has 1 saturated carbocycles. The van der Waals surface area contributed by atoms with Gasteiger partial charge in [-0.15, -0.1) is 24.0 Å². The molecule has 2 fully saturated rings. The summed E-state index contributed by atoms with van der Waals surface area (Å²) in [5.41, 5.74) is 0. The van der Waals surface area contributed by atoms with Crippen molar-refractivity contribution in [3.63, 3.8) is 0 Å². The first-order valence-corrected chi connectivity index (χ1v) is 9.37. The van der Waals surface area contributed by atoms with Crippen LogP contribution < -0.4 is 10.6 Å². The average molecular weight is 505 g/mol. The molecule has 6 nitrogen and oxygen atoms in total. The third kappa shape index (κ3) is 7.28. The highest BCUT2D eigenvalue weighted by Gasteiger charge is 2.41. The highest BCUT2D eigenvalue weighted by atomic mass is 127. The fourth-order valence-corrected chi connectivity index (χ4v) is 3.18. The molecule has 1 heterocycles. The first-order chi connectivity index (χ1) is 12.3. The minimum absolute atomic E-state index is 0. The van der Waals surface area contributed by atoms with Gasteiger partial charge in [0.1, 0.15) is 6.04 Å². The number of carbonyl (C=O) groups excluding carboxylic acids is 1. The van der Waals surface area contributed by atoms with Gasteiger partial charge in [0.25, 0.3) is 0 Å². The lowest BCUT2D eigenvalue weighted by Crippen LogP contribution is -2.56. The van der Waals surface area contributed by atoms with Gasteiger partial charge in [0, 0.05) is 52.2 Å². The Bertz CT molecular complexity index is 491. The highest BCUT2D eigenvalue weighted by molar-refractivity contribution is 14.0. The Morgan fingerprint density at radius 3 is 2.22 bits per heavy atom. The van der Waals surface area contributed by atoms with E-state index in [-0.39, 0.29) is 35.8 Å². The predicted octanol–water partition coefficient (Wildman–Crippen LogP) is 2.05. The largest absolute Gasteiger partial charge is 0.403 e. The number of nitrogens with one attached hydrogen (secondary N) is 2. The summed E-state index contributed by atoms with van der Waals surface area (Å²) in [6.45, 7) is 4.24. The van der Waals surface area contributed by atoms with Crippen LogP contribution in [-0.2, 0) is 4.79 Å². The number of aliphatic imine (C=N–C) groups is 1. The molecule has 1 aliphatic carbocycles. The van der Waals surface area contributed by atoms with E-state index >= 15 is 0 Å². The third-order valence-electron chi connectivity index (χ3n) is 5.26. The van der Waals surface area contributed by atoms with E-state index in [9.17, 15) is 18.0 Å². The van der Waals surface area contributed by atoms with Crippen molar-refractivity contribution >= 4 is 35.8 Å². The van der Waals surface area contributed by atoms with Crippen molar-refractivity contribution in [2.24, 2.45) is 10.9 Å². The molecule has 0 spiro atoms. The summed E-state index contributed by atoms with van der Waals surface area (Å²) in [5, 5.41) is 6.17. The van der Waals surface area contributed by atoms with E-state index < -0.39 is 12.2 Å². The van der Waals surface area contributed by atoms with E-state index in [1.165, 1.54) is 11.8 Å². The maximum atomic E-state index is 12.8. The summed E-state index contributed by atoms with van der Waals surface area (Å²) in [4.78, 5) is 19.4. The predicted molar refractivity (Wildman–Crippen MR) is 110 cm³/mol. The van der Waals surface area contributed by atoms with Crippen molar-refractivity contribution < 1.29 is 18.0 Å². The summed E-state index contributed by atoms with van der Waals surface area (Å²) in [5.74, 6) is 1.05. The van der Waals surface area contributed by atoms with E-state index in [2.05, 4.69) is 15.6 Å². The molecule has 2 aliphatic rings. The number of nitrogens with zero attached hydrogens (tertiary/aromatic N) is 3. The van der Waals surface area contributed by atoms with Gasteiger partial charge in [-0.2, -0.15) is 13.2 Å². The zero-order valence-electron chi connectivity index (χ0n) is 16.0. The number of guanidine groups is 1. The number of amides is 1. The van der Waals surface area contributed by atoms with Gasteiger partial charge in [0.05, 0.1) is 0 Å². The second-order valence-electron chi connectivity index (χ2n) is 6.99. The fraction of sp³-hybridized carbons (Fsp3) is 0.882. The molecule has 2 rings (SSSR count). The number of hydrogen-bond acceptors (Lipinski definition) is 3. The first-order valence-electron chi connectivity index (χ1n) is 9.37. The topological polar surface area (TPSA) is 60.0 Å². The number of rotatable bonds is 6. The number of piperazine rings is 1. The van der Waals surface area contributed by atoms with Gasteiger partial charge in [0.15, 0.2) is 5.96 Å². The summed E-state index contributed by atoms with van der Waals surface area (Å²) in [6.07, 6.45) is -0.273. The van der Waals surface area contributed by atoms with Crippen LogP contribution in [0.2, 0.25) is 0 Å². The van der Waals surface area contributed by atoms with E-state index in [4.69, 9.17) is 0 Å². The van der Waals surface area contributed by atoms with Gasteiger partial charge >= 0.3 is 6.18 Å². The van der Waals surface area contributed by atoms with Crippen molar-refractivity contribution in [3.8, 4) is 0 Å². The maximum absolute atomic E-state index is 12.8. The van der Waals surface area contributed by atoms with Crippen molar-refractivity contribution in [1.82, 2.24) is 20.4 Å². The molecule has 1 atom stereocenters. The normalized spacial score (nSPS) is 20.5. The SMILES string of the molecule is CN=C(NCCCNC(=O)C1CCC1)N1CCN(C(C)C(F)(F)F)CC1.I. The molecular formula is C17H31F3IN5O. The van der Waals surface area contributed by atoms with Gasteiger partial charge in [-0.1, -0.05) is 6.42 Å². The van der Waals surface area contributed by atoms with E-state index in [1.54, 1.807) is 7.05 Å². The van der Waals surface area contributed by atoms with Crippen molar-refractivity contribution in [3.05, 3.63) is 0 Å². The Labute approximate surface area is 176 Å². The molecule has 0 bridgehead atoms. The van der Waals surface area contributed by atoms with Crippen LogP contribution in [-0.4, -0.2) is 80.2 Å². The molecule has 10 heteroatoms. The molecule has 158 valence electrons. The van der Waals surface area contributed by atoms with Crippen LogP contribution in [0.3, 0.4) is 0 Å². The second kappa shape index (κ2) is 11.3. The molecule has 0 aromatic rings. The molecule has 1 amide bonds. The van der Waals surface area contributed by atoms with Crippen LogP contribution in [0.15, 0.2) is 4.99 Å². The standard InChI is InChI=1S/C17H30F3N5O.HI/c1-13(17(18,19)20)24-9-11-25(12-10-24)16(21-2)23-8-4-7-22-15(26)14-5-3-6-14;/h13-14H,3-12H2,1-2H3,(H,21,23)(H,22,26);1H. The molecule has 1 aliphatic heterocycles. The van der Waals surface area contributed by atoms with Crippen LogP contribution >= 0.6 is 24.0 Å². The summed E-state index contributed by atoms with van der Waals surface area (Å²) in [6, 6.07) is -1.42. The van der Waals surface area contributed by atoms with Crippen LogP contribution in [0.4, 0.5) is 13.2 Å². The molecule has 0 aromatic carbocycles. The van der Waals surface area contributed by atoms with Crippen molar-refractivity contribution in [2.75, 3.05) is 46.3 Å². The summed E-state index contributed by atoms with van der Waals surface area (Å²) >= 11 is 0. The Hall–Kier alpha value is -0.780. The molecule has 2 N–H and O–H groups in total. The van der Waals surface area contributed by atoms with E-state index in [0.29, 0.717) is 45.2 Å². The number of carbonyl (C=O) groups is 1. The van der Waals surface area contributed by atoms with Crippen LogP contribution in [0.25, 0.3) is 0 Å². The smallest absolute Gasteiger partial charge is 0.356 e. The lowest BCUT2D eigenvalue weighted by atomic mass is 9.85. The van der Waals surface area contributed by atoms with Crippen LogP contribution in [0.5, 0.6) is 0 Å². The molecule has 27 heavy (non-hydrogen) atoms. The fourth-order valence-electron chi connectivity index (χ4n) is 3.18. The van der Waals surface area contributed by atoms with Gasteiger partial charge in [0.2, 0.25) is 5.91 Å². The van der Waals surface area contributed by atoms with E-state index in [0.717, 1.165) is 25.7 Å². The van der Waals surface area contributed by atoms with Crippen LogP contribution in [0, 0.1) is 5.92 Å². The van der Waals surface area contributed by atoms with Gasteiger partial charge in [-0.3, -0.25) is 14.7 Å². The number of hydrogen-bond donors (Lipinski definition) is 2.